The molecule has 1 heterocycles. The van der Waals surface area contributed by atoms with Crippen molar-refractivity contribution in [1.29, 1.82) is 0 Å². The lowest BCUT2D eigenvalue weighted by Crippen LogP contribution is -2.21. The fraction of sp³-hybridized carbons (Fsp3) is 0.200. The van der Waals surface area contributed by atoms with Gasteiger partial charge in [0.2, 0.25) is 10.9 Å². The molecule has 0 spiro atoms. The molecule has 0 amide bonds. The zero-order valence-corrected chi connectivity index (χ0v) is 12.9. The molecule has 0 fully saturated rings. The highest BCUT2D eigenvalue weighted by molar-refractivity contribution is 7.69. The molecule has 116 valence electrons. The second-order valence-electron chi connectivity index (χ2n) is 4.59. The highest BCUT2D eigenvalue weighted by Crippen LogP contribution is 2.10. The number of methoxy groups -OCH3 is 1. The van der Waals surface area contributed by atoms with Crippen molar-refractivity contribution in [2.75, 3.05) is 7.11 Å². The molecule has 0 radical (unpaired) electrons. The number of ether oxygens (including phenoxy) is 1. The molecule has 7 heteroatoms. The Bertz CT molecular complexity index is 691. The van der Waals surface area contributed by atoms with Crippen LogP contribution in [0.15, 0.2) is 48.7 Å². The van der Waals surface area contributed by atoms with Crippen molar-refractivity contribution in [3.8, 4) is 0 Å². The number of carbonyl (C=O) groups is 1. The molecule has 0 unspecified atom stereocenters. The van der Waals surface area contributed by atoms with E-state index in [4.69, 9.17) is 0 Å². The van der Waals surface area contributed by atoms with Gasteiger partial charge in [0.1, 0.15) is 5.69 Å². The first-order chi connectivity index (χ1) is 10.6. The molecule has 6 nitrogen and oxygen atoms in total. The number of benzene rings is 1. The molecule has 0 N–H and O–H groups in total. The SMILES string of the molecule is COC(=O)c1ccc(CN(Cc2ccccc2)[SH](=O)=O)cn1. The number of nitrogens with zero attached hydrogens (tertiary/aromatic N) is 2. The van der Waals surface area contributed by atoms with E-state index in [1.807, 2.05) is 30.3 Å². The smallest absolute Gasteiger partial charge is 0.356 e. The topological polar surface area (TPSA) is 76.6 Å². The predicted octanol–water partition coefficient (Wildman–Crippen LogP) is 1.40. The van der Waals surface area contributed by atoms with Crippen LogP contribution in [0.25, 0.3) is 0 Å². The fourth-order valence-electron chi connectivity index (χ4n) is 1.92. The standard InChI is InChI=1S/C15H16N2O4S/c1-21-15(18)14-8-7-13(9-16-14)11-17(22(19)20)10-12-5-3-2-4-6-12/h2-9,22H,10-11H2,1H3. The number of esters is 1. The average molecular weight is 320 g/mol. The van der Waals surface area contributed by atoms with Crippen molar-refractivity contribution in [2.45, 2.75) is 13.1 Å². The zero-order chi connectivity index (χ0) is 15.9. The summed E-state index contributed by atoms with van der Waals surface area (Å²) in [4.78, 5) is 15.3. The van der Waals surface area contributed by atoms with Crippen LogP contribution < -0.4 is 0 Å². The monoisotopic (exact) mass is 320 g/mol. The Labute approximate surface area is 130 Å². The molecule has 1 aromatic carbocycles. The third-order valence-corrected chi connectivity index (χ3v) is 3.77. The quantitative estimate of drug-likeness (QED) is 0.643. The number of hydrogen-bond donors (Lipinski definition) is 1. The third-order valence-electron chi connectivity index (χ3n) is 3.02. The molecule has 0 aliphatic rings. The average Bonchev–Trinajstić information content (AvgIpc) is 2.55. The minimum Gasteiger partial charge on any atom is -0.464 e. The minimum atomic E-state index is -2.72. The summed E-state index contributed by atoms with van der Waals surface area (Å²) in [7, 11) is -1.44. The predicted molar refractivity (Wildman–Crippen MR) is 81.6 cm³/mol. The van der Waals surface area contributed by atoms with Gasteiger partial charge in [-0.3, -0.25) is 0 Å². The first kappa shape index (κ1) is 16.1. The largest absolute Gasteiger partial charge is 0.464 e. The lowest BCUT2D eigenvalue weighted by molar-refractivity contribution is 0.0594. The maximum Gasteiger partial charge on any atom is 0.356 e. The van der Waals surface area contributed by atoms with Crippen molar-refractivity contribution in [1.82, 2.24) is 9.29 Å². The van der Waals surface area contributed by atoms with E-state index in [1.165, 1.54) is 23.7 Å². The maximum atomic E-state index is 11.4. The fourth-order valence-corrected chi connectivity index (χ4v) is 2.48. The van der Waals surface area contributed by atoms with Crippen LogP contribution in [0, 0.1) is 0 Å². The summed E-state index contributed by atoms with van der Waals surface area (Å²) in [5.74, 6) is -0.525. The van der Waals surface area contributed by atoms with E-state index >= 15 is 0 Å². The lowest BCUT2D eigenvalue weighted by atomic mass is 10.2. The summed E-state index contributed by atoms with van der Waals surface area (Å²) in [5, 5.41) is 0. The Morgan fingerprint density at radius 3 is 2.32 bits per heavy atom. The van der Waals surface area contributed by atoms with Gasteiger partial charge >= 0.3 is 5.97 Å². The van der Waals surface area contributed by atoms with Crippen LogP contribution in [-0.4, -0.2) is 30.8 Å². The maximum absolute atomic E-state index is 11.4. The summed E-state index contributed by atoms with van der Waals surface area (Å²) in [6.45, 7) is 0.486. The molecule has 0 atom stereocenters. The van der Waals surface area contributed by atoms with Crippen molar-refractivity contribution in [3.63, 3.8) is 0 Å². The van der Waals surface area contributed by atoms with Gasteiger partial charge in [-0.05, 0) is 17.2 Å². The van der Waals surface area contributed by atoms with E-state index in [0.717, 1.165) is 5.56 Å². The molecule has 2 rings (SSSR count). The van der Waals surface area contributed by atoms with E-state index < -0.39 is 16.9 Å². The van der Waals surface area contributed by atoms with Gasteiger partial charge in [-0.15, -0.1) is 0 Å². The van der Waals surface area contributed by atoms with Gasteiger partial charge in [0, 0.05) is 19.3 Å². The van der Waals surface area contributed by atoms with Crippen LogP contribution in [0.1, 0.15) is 21.6 Å². The third kappa shape index (κ3) is 4.37. The van der Waals surface area contributed by atoms with E-state index in [-0.39, 0.29) is 18.8 Å². The van der Waals surface area contributed by atoms with Crippen molar-refractivity contribution in [3.05, 3.63) is 65.5 Å². The normalized spacial score (nSPS) is 10.9. The van der Waals surface area contributed by atoms with Gasteiger partial charge in [0.05, 0.1) is 7.11 Å². The van der Waals surface area contributed by atoms with Gasteiger partial charge < -0.3 is 4.74 Å². The summed E-state index contributed by atoms with van der Waals surface area (Å²) in [5.41, 5.74) is 1.79. The summed E-state index contributed by atoms with van der Waals surface area (Å²) in [6, 6.07) is 12.5. The first-order valence-electron chi connectivity index (χ1n) is 6.56. The van der Waals surface area contributed by atoms with E-state index in [1.54, 1.807) is 6.07 Å². The van der Waals surface area contributed by atoms with Crippen molar-refractivity contribution in [2.24, 2.45) is 0 Å². The van der Waals surface area contributed by atoms with E-state index in [2.05, 4.69) is 9.72 Å². The van der Waals surface area contributed by atoms with Crippen molar-refractivity contribution >= 4 is 16.9 Å². The molecule has 22 heavy (non-hydrogen) atoms. The Morgan fingerprint density at radius 1 is 1.09 bits per heavy atom. The number of pyridine rings is 1. The van der Waals surface area contributed by atoms with Gasteiger partial charge in [0.15, 0.2) is 0 Å². The number of hydrogen-bond acceptors (Lipinski definition) is 5. The Morgan fingerprint density at radius 2 is 1.77 bits per heavy atom. The molecular weight excluding hydrogens is 304 g/mol. The Balaban J connectivity index is 2.09. The summed E-state index contributed by atoms with van der Waals surface area (Å²) in [6.07, 6.45) is 1.48. The summed E-state index contributed by atoms with van der Waals surface area (Å²) >= 11 is 0. The van der Waals surface area contributed by atoms with Gasteiger partial charge in [-0.1, -0.05) is 36.4 Å². The van der Waals surface area contributed by atoms with E-state index in [9.17, 15) is 13.2 Å². The molecule has 0 bridgehead atoms. The number of rotatable bonds is 6. The van der Waals surface area contributed by atoms with Crippen LogP contribution in [-0.2, 0) is 28.7 Å². The Kier molecular flexibility index (Phi) is 5.62. The first-order valence-corrected chi connectivity index (χ1v) is 7.69. The molecule has 0 saturated heterocycles. The van der Waals surface area contributed by atoms with Gasteiger partial charge in [-0.25, -0.2) is 18.2 Å². The number of aromatic nitrogens is 1. The van der Waals surface area contributed by atoms with Gasteiger partial charge in [-0.2, -0.15) is 4.31 Å². The second-order valence-corrected chi connectivity index (χ2v) is 5.63. The van der Waals surface area contributed by atoms with Crippen LogP contribution >= 0.6 is 0 Å². The van der Waals surface area contributed by atoms with Crippen LogP contribution in [0.5, 0.6) is 0 Å². The number of thiol groups is 1. The molecule has 0 saturated carbocycles. The minimum absolute atomic E-state index is 0.187. The lowest BCUT2D eigenvalue weighted by Gasteiger charge is -2.15. The Hall–Kier alpha value is -2.25. The van der Waals surface area contributed by atoms with Crippen molar-refractivity contribution < 1.29 is 17.9 Å². The van der Waals surface area contributed by atoms with Crippen LogP contribution in [0.3, 0.4) is 0 Å². The van der Waals surface area contributed by atoms with Crippen LogP contribution in [0.4, 0.5) is 0 Å². The summed E-state index contributed by atoms with van der Waals surface area (Å²) < 4.78 is 28.7. The molecule has 0 aliphatic heterocycles. The molecule has 2 aromatic rings. The van der Waals surface area contributed by atoms with Crippen LogP contribution in [0.2, 0.25) is 0 Å². The number of carbonyl (C=O) groups excluding carboxylic acids is 1. The highest BCUT2D eigenvalue weighted by atomic mass is 32.2. The van der Waals surface area contributed by atoms with E-state index in [0.29, 0.717) is 5.56 Å². The van der Waals surface area contributed by atoms with Gasteiger partial charge in [0.25, 0.3) is 0 Å². The highest BCUT2D eigenvalue weighted by Gasteiger charge is 2.11. The molecule has 1 aromatic heterocycles. The molecule has 0 aliphatic carbocycles. The molecular formula is C15H16N2O4S. The zero-order valence-electron chi connectivity index (χ0n) is 12.0. The second kappa shape index (κ2) is 7.67.